The summed E-state index contributed by atoms with van der Waals surface area (Å²) in [6.45, 7) is 1.68. The predicted molar refractivity (Wildman–Crippen MR) is 81.3 cm³/mol. The first kappa shape index (κ1) is 15.1. The molecule has 0 atom stereocenters. The van der Waals surface area contributed by atoms with Crippen molar-refractivity contribution in [3.8, 4) is 0 Å². The third kappa shape index (κ3) is 2.62. The Hall–Kier alpha value is -1.84. The monoisotopic (exact) mass is 325 g/mol. The van der Waals surface area contributed by atoms with Crippen molar-refractivity contribution in [2.45, 2.75) is 0 Å². The van der Waals surface area contributed by atoms with Gasteiger partial charge in [0.2, 0.25) is 0 Å². The molecule has 118 valence electrons. The molecule has 2 heterocycles. The fourth-order valence-electron chi connectivity index (χ4n) is 2.56. The molecule has 0 saturated carbocycles. The number of aromatic nitrogens is 2. The van der Waals surface area contributed by atoms with Crippen molar-refractivity contribution in [2.24, 2.45) is 0 Å². The summed E-state index contributed by atoms with van der Waals surface area (Å²) < 4.78 is 41.0. The largest absolute Gasteiger partial charge is 0.353 e. The molecule has 0 unspecified atom stereocenters. The van der Waals surface area contributed by atoms with E-state index in [2.05, 4.69) is 14.7 Å². The topological polar surface area (TPSA) is 78.4 Å². The van der Waals surface area contributed by atoms with Crippen molar-refractivity contribution < 1.29 is 12.8 Å². The molecular formula is C13H16FN5O2S. The third-order valence-electron chi connectivity index (χ3n) is 3.73. The van der Waals surface area contributed by atoms with E-state index >= 15 is 0 Å². The Kier molecular flexibility index (Phi) is 3.94. The van der Waals surface area contributed by atoms with Gasteiger partial charge in [0, 0.05) is 38.6 Å². The lowest BCUT2D eigenvalue weighted by atomic mass is 10.2. The number of anilines is 1. The molecule has 0 aliphatic carbocycles. The molecule has 1 aromatic carbocycles. The molecule has 1 fully saturated rings. The molecule has 1 aliphatic rings. The first-order valence-electron chi connectivity index (χ1n) is 6.86. The fraction of sp³-hybridized carbons (Fsp3) is 0.385. The number of hydrogen-bond donors (Lipinski definition) is 1. The first-order valence-corrected chi connectivity index (χ1v) is 8.30. The van der Waals surface area contributed by atoms with Crippen molar-refractivity contribution in [2.75, 3.05) is 38.1 Å². The summed E-state index contributed by atoms with van der Waals surface area (Å²) >= 11 is 0. The van der Waals surface area contributed by atoms with Crippen LogP contribution in [0.25, 0.3) is 10.9 Å². The highest BCUT2D eigenvalue weighted by atomic mass is 32.2. The zero-order valence-corrected chi connectivity index (χ0v) is 12.8. The minimum Gasteiger partial charge on any atom is -0.353 e. The Morgan fingerprint density at radius 1 is 1.18 bits per heavy atom. The number of nitrogens with zero attached hydrogens (tertiary/aromatic N) is 4. The van der Waals surface area contributed by atoms with Gasteiger partial charge in [-0.05, 0) is 12.1 Å². The van der Waals surface area contributed by atoms with Crippen LogP contribution in [0, 0.1) is 5.82 Å². The summed E-state index contributed by atoms with van der Waals surface area (Å²) in [6.07, 6.45) is 1.33. The lowest BCUT2D eigenvalue weighted by molar-refractivity contribution is 0.380. The van der Waals surface area contributed by atoms with Crippen LogP contribution in [0.5, 0.6) is 0 Å². The van der Waals surface area contributed by atoms with Crippen molar-refractivity contribution in [1.29, 1.82) is 0 Å². The van der Waals surface area contributed by atoms with Crippen LogP contribution in [-0.2, 0) is 10.2 Å². The molecule has 1 saturated heterocycles. The van der Waals surface area contributed by atoms with Crippen molar-refractivity contribution in [1.82, 2.24) is 19.0 Å². The van der Waals surface area contributed by atoms with Crippen LogP contribution in [0.1, 0.15) is 0 Å². The second-order valence-electron chi connectivity index (χ2n) is 4.93. The molecule has 0 radical (unpaired) electrons. The summed E-state index contributed by atoms with van der Waals surface area (Å²) in [5.74, 6) is 0.239. The summed E-state index contributed by atoms with van der Waals surface area (Å²) in [5.41, 5.74) is 0.276. The number of para-hydroxylation sites is 1. The standard InChI is InChI=1S/C13H16FN5O2S/c1-15-22(20,21)19-7-5-18(6-8-19)13-10-3-2-4-11(14)12(10)16-9-17-13/h2-4,9,15H,5-8H2,1H3. The quantitative estimate of drug-likeness (QED) is 0.881. The fourth-order valence-corrected chi connectivity index (χ4v) is 3.46. The molecule has 0 bridgehead atoms. The summed E-state index contributed by atoms with van der Waals surface area (Å²) in [4.78, 5) is 10.2. The molecule has 1 aromatic heterocycles. The van der Waals surface area contributed by atoms with E-state index in [0.717, 1.165) is 0 Å². The van der Waals surface area contributed by atoms with E-state index in [1.165, 1.54) is 23.7 Å². The third-order valence-corrected chi connectivity index (χ3v) is 5.29. The molecule has 1 aliphatic heterocycles. The van der Waals surface area contributed by atoms with Gasteiger partial charge >= 0.3 is 0 Å². The van der Waals surface area contributed by atoms with E-state index in [4.69, 9.17) is 0 Å². The Morgan fingerprint density at radius 2 is 1.91 bits per heavy atom. The average molecular weight is 325 g/mol. The van der Waals surface area contributed by atoms with Gasteiger partial charge in [-0.15, -0.1) is 0 Å². The van der Waals surface area contributed by atoms with Gasteiger partial charge in [0.05, 0.1) is 0 Å². The number of hydrogen-bond acceptors (Lipinski definition) is 5. The molecule has 22 heavy (non-hydrogen) atoms. The highest BCUT2D eigenvalue weighted by Gasteiger charge is 2.27. The summed E-state index contributed by atoms with van der Waals surface area (Å²) in [6, 6.07) is 4.74. The molecule has 3 rings (SSSR count). The maximum atomic E-state index is 13.8. The maximum Gasteiger partial charge on any atom is 0.279 e. The number of halogens is 1. The van der Waals surface area contributed by atoms with Crippen LogP contribution in [0.3, 0.4) is 0 Å². The SMILES string of the molecule is CNS(=O)(=O)N1CCN(c2ncnc3c(F)cccc23)CC1. The van der Waals surface area contributed by atoms with E-state index < -0.39 is 16.0 Å². The summed E-state index contributed by atoms with van der Waals surface area (Å²) in [7, 11) is -2.02. The predicted octanol–water partition coefficient (Wildman–Crippen LogP) is 0.355. The molecular weight excluding hydrogens is 309 g/mol. The van der Waals surface area contributed by atoms with Crippen LogP contribution in [-0.4, -0.2) is 55.9 Å². The highest BCUT2D eigenvalue weighted by Crippen LogP contribution is 2.25. The number of fused-ring (bicyclic) bond motifs is 1. The van der Waals surface area contributed by atoms with E-state index in [-0.39, 0.29) is 5.52 Å². The van der Waals surface area contributed by atoms with Crippen LogP contribution in [0.15, 0.2) is 24.5 Å². The highest BCUT2D eigenvalue weighted by molar-refractivity contribution is 7.87. The number of rotatable bonds is 3. The number of benzene rings is 1. The van der Waals surface area contributed by atoms with E-state index in [1.807, 2.05) is 4.90 Å². The van der Waals surface area contributed by atoms with Gasteiger partial charge in [-0.2, -0.15) is 12.7 Å². The smallest absolute Gasteiger partial charge is 0.279 e. The van der Waals surface area contributed by atoms with Gasteiger partial charge in [-0.1, -0.05) is 6.07 Å². The zero-order valence-electron chi connectivity index (χ0n) is 12.0. The Morgan fingerprint density at radius 3 is 2.59 bits per heavy atom. The first-order chi connectivity index (χ1) is 10.5. The molecule has 0 amide bonds. The Balaban J connectivity index is 1.87. The van der Waals surface area contributed by atoms with Crippen LogP contribution < -0.4 is 9.62 Å². The molecule has 0 spiro atoms. The average Bonchev–Trinajstić information content (AvgIpc) is 2.55. The Bertz CT molecular complexity index is 790. The molecule has 9 heteroatoms. The minimum absolute atomic E-state index is 0.276. The van der Waals surface area contributed by atoms with Gasteiger partial charge in [0.15, 0.2) is 0 Å². The van der Waals surface area contributed by atoms with Crippen LogP contribution in [0.4, 0.5) is 10.2 Å². The molecule has 1 N–H and O–H groups in total. The van der Waals surface area contributed by atoms with E-state index in [1.54, 1.807) is 12.1 Å². The second kappa shape index (κ2) is 5.75. The number of nitrogens with one attached hydrogen (secondary N) is 1. The molecule has 2 aromatic rings. The minimum atomic E-state index is -3.41. The molecule has 7 nitrogen and oxygen atoms in total. The maximum absolute atomic E-state index is 13.8. The van der Waals surface area contributed by atoms with E-state index in [9.17, 15) is 12.8 Å². The lowest BCUT2D eigenvalue weighted by Crippen LogP contribution is -2.51. The van der Waals surface area contributed by atoms with Gasteiger partial charge in [0.1, 0.15) is 23.5 Å². The van der Waals surface area contributed by atoms with Gasteiger partial charge < -0.3 is 4.90 Å². The lowest BCUT2D eigenvalue weighted by Gasteiger charge is -2.34. The van der Waals surface area contributed by atoms with Gasteiger partial charge in [-0.25, -0.2) is 19.1 Å². The van der Waals surface area contributed by atoms with Crippen molar-refractivity contribution in [3.63, 3.8) is 0 Å². The number of piperazine rings is 1. The van der Waals surface area contributed by atoms with Gasteiger partial charge in [-0.3, -0.25) is 0 Å². The van der Waals surface area contributed by atoms with Gasteiger partial charge in [0.25, 0.3) is 10.2 Å². The van der Waals surface area contributed by atoms with Crippen LogP contribution >= 0.6 is 0 Å². The van der Waals surface area contributed by atoms with Crippen molar-refractivity contribution >= 4 is 26.9 Å². The van der Waals surface area contributed by atoms with Crippen molar-refractivity contribution in [3.05, 3.63) is 30.3 Å². The summed E-state index contributed by atoms with van der Waals surface area (Å²) in [5, 5.41) is 0.632. The van der Waals surface area contributed by atoms with Crippen LogP contribution in [0.2, 0.25) is 0 Å². The normalized spacial score (nSPS) is 17.1. The van der Waals surface area contributed by atoms with E-state index in [0.29, 0.717) is 37.4 Å². The zero-order chi connectivity index (χ0) is 15.7. The Labute approximate surface area is 128 Å². The second-order valence-corrected chi connectivity index (χ2v) is 6.80.